The maximum Gasteiger partial charge on any atom is 0.202 e. The highest BCUT2D eigenvalue weighted by atomic mass is 35.5. The quantitative estimate of drug-likeness (QED) is 0.166. The number of halogens is 1. The van der Waals surface area contributed by atoms with Crippen molar-refractivity contribution in [1.82, 2.24) is 14.8 Å². The number of thioether (sulfide) groups is 1. The van der Waals surface area contributed by atoms with Crippen LogP contribution >= 0.6 is 23.4 Å². The summed E-state index contributed by atoms with van der Waals surface area (Å²) >= 11 is 7.08. The lowest BCUT2D eigenvalue weighted by molar-refractivity contribution is -0.110. The van der Waals surface area contributed by atoms with E-state index in [1.54, 1.807) is 28.8 Å². The number of nitrogens with one attached hydrogen (secondary N) is 1. The predicted octanol–water partition coefficient (Wildman–Crippen LogP) is 5.11. The molecule has 7 nitrogen and oxygen atoms in total. The summed E-state index contributed by atoms with van der Waals surface area (Å²) in [5.74, 6) is 0.0860. The third kappa shape index (κ3) is 5.48. The Hall–Kier alpha value is -3.46. The second-order valence-electron chi connectivity index (χ2n) is 7.02. The Labute approximate surface area is 200 Å². The molecule has 166 valence electrons. The number of aromatic nitrogens is 3. The molecule has 33 heavy (non-hydrogen) atoms. The predicted molar refractivity (Wildman–Crippen MR) is 131 cm³/mol. The van der Waals surface area contributed by atoms with Gasteiger partial charge in [0.15, 0.2) is 16.7 Å². The van der Waals surface area contributed by atoms with Crippen LogP contribution in [0.15, 0.2) is 95.2 Å². The van der Waals surface area contributed by atoms with E-state index in [2.05, 4.69) is 20.7 Å². The number of hydrogen-bond acceptors (Lipinski definition) is 7. The Morgan fingerprint density at radius 2 is 1.73 bits per heavy atom. The standard InChI is InChI=1S/C24H20ClN5O2S/c1-16(31)23(28-26-19-12-8-11-18(25)15-19)33-24-29-27-22(21(32)17-9-4-2-5-10-17)30(24)20-13-6-3-7-14-20/h2-15,21,26,32H,1H3/b28-23+/t21-/m0/s1. The lowest BCUT2D eigenvalue weighted by Gasteiger charge is -2.14. The van der Waals surface area contributed by atoms with Gasteiger partial charge in [0.2, 0.25) is 5.16 Å². The van der Waals surface area contributed by atoms with Gasteiger partial charge in [0.05, 0.1) is 5.69 Å². The number of hydrogen-bond donors (Lipinski definition) is 2. The van der Waals surface area contributed by atoms with Crippen LogP contribution in [0.4, 0.5) is 5.69 Å². The number of para-hydroxylation sites is 1. The fourth-order valence-electron chi connectivity index (χ4n) is 3.06. The van der Waals surface area contributed by atoms with Crippen LogP contribution in [0.5, 0.6) is 0 Å². The number of rotatable bonds is 7. The molecule has 0 unspecified atom stereocenters. The van der Waals surface area contributed by atoms with E-state index in [1.165, 1.54) is 6.92 Å². The van der Waals surface area contributed by atoms with Crippen molar-refractivity contribution in [2.75, 3.05) is 5.43 Å². The number of carbonyl (C=O) groups is 1. The molecule has 0 aliphatic carbocycles. The van der Waals surface area contributed by atoms with E-state index in [1.807, 2.05) is 60.7 Å². The number of ketones is 1. The summed E-state index contributed by atoms with van der Waals surface area (Å²) in [6.45, 7) is 1.43. The van der Waals surface area contributed by atoms with Crippen molar-refractivity contribution < 1.29 is 9.90 Å². The van der Waals surface area contributed by atoms with Gasteiger partial charge < -0.3 is 5.11 Å². The van der Waals surface area contributed by atoms with Crippen LogP contribution in [0.2, 0.25) is 5.02 Å². The third-order valence-corrected chi connectivity index (χ3v) is 5.89. The molecule has 1 heterocycles. The van der Waals surface area contributed by atoms with E-state index in [0.717, 1.165) is 17.4 Å². The summed E-state index contributed by atoms with van der Waals surface area (Å²) in [7, 11) is 0. The van der Waals surface area contributed by atoms with Gasteiger partial charge in [0.25, 0.3) is 0 Å². The Bertz CT molecular complexity index is 1280. The highest BCUT2D eigenvalue weighted by molar-refractivity contribution is 8.15. The molecule has 0 saturated carbocycles. The molecule has 4 aromatic rings. The van der Waals surface area contributed by atoms with Crippen LogP contribution < -0.4 is 5.43 Å². The molecule has 3 aromatic carbocycles. The molecule has 0 fully saturated rings. The van der Waals surface area contributed by atoms with Gasteiger partial charge in [-0.25, -0.2) is 0 Å². The maximum absolute atomic E-state index is 12.3. The second kappa shape index (κ2) is 10.4. The fourth-order valence-corrected chi connectivity index (χ4v) is 4.03. The minimum absolute atomic E-state index is 0.181. The maximum atomic E-state index is 12.3. The van der Waals surface area contributed by atoms with Crippen LogP contribution in [-0.2, 0) is 4.79 Å². The molecule has 0 saturated heterocycles. The van der Waals surface area contributed by atoms with E-state index < -0.39 is 6.10 Å². The third-order valence-electron chi connectivity index (χ3n) is 4.63. The Morgan fingerprint density at radius 3 is 2.39 bits per heavy atom. The van der Waals surface area contributed by atoms with Crippen molar-refractivity contribution >= 4 is 39.9 Å². The smallest absolute Gasteiger partial charge is 0.202 e. The Kier molecular flexibility index (Phi) is 7.19. The number of anilines is 1. The van der Waals surface area contributed by atoms with Gasteiger partial charge in [-0.3, -0.25) is 14.8 Å². The first-order valence-corrected chi connectivity index (χ1v) is 11.2. The summed E-state index contributed by atoms with van der Waals surface area (Å²) < 4.78 is 1.72. The molecule has 0 amide bonds. The molecule has 9 heteroatoms. The van der Waals surface area contributed by atoms with Gasteiger partial charge in [-0.1, -0.05) is 66.2 Å². The number of aliphatic hydroxyl groups excluding tert-OH is 1. The molecule has 4 rings (SSSR count). The van der Waals surface area contributed by atoms with Crippen molar-refractivity contribution in [3.63, 3.8) is 0 Å². The summed E-state index contributed by atoms with van der Waals surface area (Å²) in [6.07, 6.45) is -1.00. The SMILES string of the molecule is CC(=O)/C(=N\Nc1cccc(Cl)c1)Sc1nnc([C@@H](O)c2ccccc2)n1-c1ccccc1. The lowest BCUT2D eigenvalue weighted by Crippen LogP contribution is -2.12. The van der Waals surface area contributed by atoms with Gasteiger partial charge in [-0.2, -0.15) is 5.10 Å². The van der Waals surface area contributed by atoms with Crippen molar-refractivity contribution in [1.29, 1.82) is 0 Å². The molecule has 0 aliphatic rings. The van der Waals surface area contributed by atoms with Crippen molar-refractivity contribution in [3.05, 3.63) is 101 Å². The molecule has 1 atom stereocenters. The summed E-state index contributed by atoms with van der Waals surface area (Å²) in [5, 5.41) is 24.9. The molecule has 0 radical (unpaired) electrons. The summed E-state index contributed by atoms with van der Waals surface area (Å²) in [4.78, 5) is 12.3. The molecule has 0 aliphatic heterocycles. The first kappa shape index (κ1) is 22.7. The number of benzene rings is 3. The monoisotopic (exact) mass is 477 g/mol. The lowest BCUT2D eigenvalue weighted by atomic mass is 10.1. The molecule has 2 N–H and O–H groups in total. The van der Waals surface area contributed by atoms with Crippen LogP contribution in [0, 0.1) is 0 Å². The number of Topliss-reactive ketones (excluding diaryl/α,β-unsaturated/α-hetero) is 1. The summed E-state index contributed by atoms with van der Waals surface area (Å²) in [6, 6.07) is 25.6. The van der Waals surface area contributed by atoms with Crippen LogP contribution in [0.3, 0.4) is 0 Å². The van der Waals surface area contributed by atoms with Crippen LogP contribution in [-0.4, -0.2) is 30.7 Å². The van der Waals surface area contributed by atoms with Crippen molar-refractivity contribution in [2.45, 2.75) is 18.2 Å². The van der Waals surface area contributed by atoms with E-state index in [9.17, 15) is 9.90 Å². The van der Waals surface area contributed by atoms with Gasteiger partial charge in [0, 0.05) is 17.6 Å². The van der Waals surface area contributed by atoms with Gasteiger partial charge in [-0.05, 0) is 47.7 Å². The highest BCUT2D eigenvalue weighted by Crippen LogP contribution is 2.29. The van der Waals surface area contributed by atoms with Crippen molar-refractivity contribution in [3.8, 4) is 5.69 Å². The topological polar surface area (TPSA) is 92.4 Å². The molecule has 1 aromatic heterocycles. The average molecular weight is 478 g/mol. The van der Waals surface area contributed by atoms with E-state index in [0.29, 0.717) is 27.3 Å². The first-order chi connectivity index (χ1) is 16.0. The molecular weight excluding hydrogens is 458 g/mol. The minimum Gasteiger partial charge on any atom is -0.380 e. The first-order valence-electron chi connectivity index (χ1n) is 10.0. The van der Waals surface area contributed by atoms with Gasteiger partial charge in [0.1, 0.15) is 6.10 Å². The number of aliphatic hydroxyl groups is 1. The van der Waals surface area contributed by atoms with Gasteiger partial charge in [-0.15, -0.1) is 10.2 Å². The second-order valence-corrected chi connectivity index (χ2v) is 8.41. The zero-order chi connectivity index (χ0) is 23.2. The van der Waals surface area contributed by atoms with Crippen LogP contribution in [0.25, 0.3) is 5.69 Å². The van der Waals surface area contributed by atoms with E-state index in [-0.39, 0.29) is 10.8 Å². The molecule has 0 bridgehead atoms. The summed E-state index contributed by atoms with van der Waals surface area (Å²) in [5.41, 5.74) is 4.93. The van der Waals surface area contributed by atoms with Crippen LogP contribution in [0.1, 0.15) is 24.4 Å². The van der Waals surface area contributed by atoms with Crippen molar-refractivity contribution in [2.24, 2.45) is 5.10 Å². The molecule has 0 spiro atoms. The van der Waals surface area contributed by atoms with E-state index >= 15 is 0 Å². The zero-order valence-corrected chi connectivity index (χ0v) is 19.2. The Balaban J connectivity index is 1.71. The average Bonchev–Trinajstić information content (AvgIpc) is 3.25. The fraction of sp³-hybridized carbons (Fsp3) is 0.0833. The van der Waals surface area contributed by atoms with E-state index in [4.69, 9.17) is 11.6 Å². The minimum atomic E-state index is -1.00. The molecular formula is C24H20ClN5O2S. The zero-order valence-electron chi connectivity index (χ0n) is 17.6. The normalized spacial score (nSPS) is 12.4. The van der Waals surface area contributed by atoms with Gasteiger partial charge >= 0.3 is 0 Å². The number of hydrazone groups is 1. The highest BCUT2D eigenvalue weighted by Gasteiger charge is 2.24. The number of nitrogens with zero attached hydrogens (tertiary/aromatic N) is 4. The largest absolute Gasteiger partial charge is 0.380 e. The Morgan fingerprint density at radius 1 is 1.03 bits per heavy atom. The number of carbonyl (C=O) groups excluding carboxylic acids is 1.